The van der Waals surface area contributed by atoms with Crippen molar-refractivity contribution in [2.24, 2.45) is 0 Å². The monoisotopic (exact) mass is 579 g/mol. The first-order valence-corrected chi connectivity index (χ1v) is 15.0. The van der Waals surface area contributed by atoms with Crippen LogP contribution >= 0.6 is 11.3 Å². The van der Waals surface area contributed by atoms with Gasteiger partial charge < -0.3 is 10.2 Å². The van der Waals surface area contributed by atoms with Gasteiger partial charge in [-0.25, -0.2) is 14.4 Å². The zero-order valence-corrected chi connectivity index (χ0v) is 25.0. The van der Waals surface area contributed by atoms with E-state index in [1.54, 1.807) is 28.4 Å². The fourth-order valence-electron chi connectivity index (χ4n) is 4.84. The molecule has 1 aliphatic rings. The van der Waals surface area contributed by atoms with E-state index in [1.165, 1.54) is 23.5 Å². The van der Waals surface area contributed by atoms with Crippen molar-refractivity contribution in [3.63, 3.8) is 0 Å². The van der Waals surface area contributed by atoms with Crippen LogP contribution in [0.15, 0.2) is 41.8 Å². The molecule has 0 bridgehead atoms. The number of rotatable bonds is 13. The Morgan fingerprint density at radius 1 is 1.05 bits per heavy atom. The first-order chi connectivity index (χ1) is 19.7. The van der Waals surface area contributed by atoms with Gasteiger partial charge in [0.25, 0.3) is 5.91 Å². The molecule has 0 aliphatic carbocycles. The molecule has 1 aromatic heterocycles. The highest BCUT2D eigenvalue weighted by molar-refractivity contribution is 7.13. The van der Waals surface area contributed by atoms with E-state index in [0.29, 0.717) is 36.8 Å². The van der Waals surface area contributed by atoms with Gasteiger partial charge in [0.2, 0.25) is 5.91 Å². The second kappa shape index (κ2) is 13.8. The number of benzene rings is 2. The number of ketones is 1. The minimum atomic E-state index is -0.294. The average Bonchev–Trinajstić information content (AvgIpc) is 3.62. The number of anilines is 1. The van der Waals surface area contributed by atoms with Crippen molar-refractivity contribution in [3.8, 4) is 10.6 Å². The summed E-state index contributed by atoms with van der Waals surface area (Å²) in [5.74, 6) is -0.651. The molecule has 0 atom stereocenters. The quantitative estimate of drug-likeness (QED) is 0.217. The molecule has 0 radical (unpaired) electrons. The van der Waals surface area contributed by atoms with Gasteiger partial charge in [-0.15, -0.1) is 11.3 Å². The molecular formula is C31H38FN5O3S. The maximum absolute atomic E-state index is 13.7. The number of unbranched alkanes of at least 4 members (excludes halogenated alkanes) is 2. The molecule has 41 heavy (non-hydrogen) atoms. The van der Waals surface area contributed by atoms with Gasteiger partial charge in [0.1, 0.15) is 16.5 Å². The van der Waals surface area contributed by atoms with Crippen LogP contribution in [0.2, 0.25) is 0 Å². The van der Waals surface area contributed by atoms with Crippen LogP contribution in [-0.2, 0) is 22.7 Å². The Hall–Kier alpha value is -3.63. The fourth-order valence-corrected chi connectivity index (χ4v) is 5.66. The number of thiazole rings is 1. The number of nitrogens with zero attached hydrogens (tertiary/aromatic N) is 4. The summed E-state index contributed by atoms with van der Waals surface area (Å²) in [6, 6.07) is 10.5. The number of hydrogen-bond acceptors (Lipinski definition) is 7. The molecule has 2 heterocycles. The number of likely N-dealkylation sites (N-methyl/N-ethyl adjacent to an activating group) is 1. The normalized spacial score (nSPS) is 12.7. The van der Waals surface area contributed by atoms with Gasteiger partial charge in [-0.1, -0.05) is 44.9 Å². The summed E-state index contributed by atoms with van der Waals surface area (Å²) in [5.41, 5.74) is 4.77. The number of hydrazine groups is 1. The topological polar surface area (TPSA) is 85.8 Å². The van der Waals surface area contributed by atoms with Crippen LogP contribution in [0.1, 0.15) is 66.7 Å². The molecule has 0 saturated carbocycles. The van der Waals surface area contributed by atoms with Crippen molar-refractivity contribution in [2.75, 3.05) is 31.6 Å². The fraction of sp³-hybridized carbons (Fsp3) is 0.419. The second-order valence-corrected chi connectivity index (χ2v) is 11.2. The molecule has 10 heteroatoms. The molecule has 2 amide bonds. The molecule has 3 aromatic rings. The van der Waals surface area contributed by atoms with E-state index < -0.39 is 0 Å². The van der Waals surface area contributed by atoms with Gasteiger partial charge in [-0.05, 0) is 48.2 Å². The number of halogens is 1. The van der Waals surface area contributed by atoms with Crippen LogP contribution in [0.3, 0.4) is 0 Å². The van der Waals surface area contributed by atoms with E-state index in [1.807, 2.05) is 37.1 Å². The largest absolute Gasteiger partial charge is 0.355 e. The van der Waals surface area contributed by atoms with Crippen LogP contribution in [0.4, 0.5) is 10.1 Å². The Morgan fingerprint density at radius 2 is 1.83 bits per heavy atom. The Labute approximate surface area is 245 Å². The lowest BCUT2D eigenvalue weighted by Gasteiger charge is -2.32. The van der Waals surface area contributed by atoms with Gasteiger partial charge in [0, 0.05) is 49.7 Å². The first-order valence-electron chi connectivity index (χ1n) is 14.1. The lowest BCUT2D eigenvalue weighted by molar-refractivity contribution is -0.145. The third kappa shape index (κ3) is 7.56. The number of carbonyl (C=O) groups is 3. The molecule has 1 N–H and O–H groups in total. The number of hydrogen-bond donors (Lipinski definition) is 1. The van der Waals surface area contributed by atoms with Crippen molar-refractivity contribution in [2.45, 2.75) is 59.5 Å². The number of fused-ring (bicyclic) bond motifs is 1. The lowest BCUT2D eigenvalue weighted by Crippen LogP contribution is -2.48. The van der Waals surface area contributed by atoms with Crippen LogP contribution in [0, 0.1) is 12.7 Å². The van der Waals surface area contributed by atoms with Gasteiger partial charge in [0.15, 0.2) is 5.78 Å². The SMILES string of the molecule is CCCCCNC(=O)CN(CC(=O)N(C)N1Cc2ccc(F)cc2C1)c1cc(-c2nc(C(=O)CC)cs2)ccc1C. The Kier molecular flexibility index (Phi) is 10.2. The first kappa shape index (κ1) is 30.3. The highest BCUT2D eigenvalue weighted by Gasteiger charge is 2.27. The van der Waals surface area contributed by atoms with E-state index in [2.05, 4.69) is 17.2 Å². The Morgan fingerprint density at radius 3 is 2.59 bits per heavy atom. The molecule has 2 aromatic carbocycles. The number of carbonyl (C=O) groups excluding carboxylic acids is 3. The summed E-state index contributed by atoms with van der Waals surface area (Å²) in [6.07, 6.45) is 3.38. The van der Waals surface area contributed by atoms with Crippen molar-refractivity contribution in [3.05, 3.63) is 70.0 Å². The van der Waals surface area contributed by atoms with Gasteiger partial charge in [-0.2, -0.15) is 0 Å². The van der Waals surface area contributed by atoms with Crippen LogP contribution < -0.4 is 10.2 Å². The summed E-state index contributed by atoms with van der Waals surface area (Å²) in [6.45, 7) is 7.38. The maximum Gasteiger partial charge on any atom is 0.256 e. The highest BCUT2D eigenvalue weighted by atomic mass is 32.1. The molecular weight excluding hydrogens is 541 g/mol. The Bertz CT molecular complexity index is 1410. The standard InChI is InChI=1S/C31H38FN5O3S/c1-5-7-8-13-33-29(39)18-36(19-30(40)35(4)37-16-23-11-12-25(32)14-24(23)17-37)27-15-22(10-9-21(27)3)31-34-26(20-41-31)28(38)6-2/h9-12,14-15,20H,5-8,13,16-19H2,1-4H3,(H,33,39). The predicted octanol–water partition coefficient (Wildman–Crippen LogP) is 5.35. The molecule has 1 aliphatic heterocycles. The summed E-state index contributed by atoms with van der Waals surface area (Å²) in [7, 11) is 1.71. The average molecular weight is 580 g/mol. The van der Waals surface area contributed by atoms with Crippen LogP contribution in [-0.4, -0.2) is 59.3 Å². The summed E-state index contributed by atoms with van der Waals surface area (Å²) >= 11 is 1.39. The second-order valence-electron chi connectivity index (χ2n) is 10.4. The summed E-state index contributed by atoms with van der Waals surface area (Å²) < 4.78 is 13.7. The molecule has 0 spiro atoms. The van der Waals surface area contributed by atoms with Crippen molar-refractivity contribution in [1.29, 1.82) is 0 Å². The summed E-state index contributed by atoms with van der Waals surface area (Å²) in [4.78, 5) is 45.0. The number of nitrogens with one attached hydrogen (secondary N) is 1. The number of aryl methyl sites for hydroxylation is 1. The van der Waals surface area contributed by atoms with E-state index in [0.717, 1.165) is 47.2 Å². The minimum absolute atomic E-state index is 0.0124. The zero-order valence-electron chi connectivity index (χ0n) is 24.2. The predicted molar refractivity (Wildman–Crippen MR) is 160 cm³/mol. The minimum Gasteiger partial charge on any atom is -0.355 e. The molecule has 0 saturated heterocycles. The van der Waals surface area contributed by atoms with Crippen LogP contribution in [0.25, 0.3) is 10.6 Å². The molecule has 4 rings (SSSR count). The maximum atomic E-state index is 13.7. The van der Waals surface area contributed by atoms with E-state index in [-0.39, 0.29) is 36.5 Å². The third-order valence-electron chi connectivity index (χ3n) is 7.33. The number of amides is 2. The van der Waals surface area contributed by atoms with Gasteiger partial charge >= 0.3 is 0 Å². The highest BCUT2D eigenvalue weighted by Crippen LogP contribution is 2.31. The van der Waals surface area contributed by atoms with E-state index >= 15 is 0 Å². The molecule has 8 nitrogen and oxygen atoms in total. The van der Waals surface area contributed by atoms with E-state index in [9.17, 15) is 18.8 Å². The van der Waals surface area contributed by atoms with E-state index in [4.69, 9.17) is 0 Å². The molecule has 0 unspecified atom stereocenters. The number of Topliss-reactive ketones (excluding diaryl/α,β-unsaturated/α-hetero) is 1. The van der Waals surface area contributed by atoms with Crippen molar-refractivity contribution < 1.29 is 18.8 Å². The van der Waals surface area contributed by atoms with Crippen molar-refractivity contribution >= 4 is 34.6 Å². The lowest BCUT2D eigenvalue weighted by atomic mass is 10.1. The number of aromatic nitrogens is 1. The third-order valence-corrected chi connectivity index (χ3v) is 8.22. The van der Waals surface area contributed by atoms with Crippen LogP contribution in [0.5, 0.6) is 0 Å². The van der Waals surface area contributed by atoms with Gasteiger partial charge in [-0.3, -0.25) is 19.4 Å². The summed E-state index contributed by atoms with van der Waals surface area (Å²) in [5, 5.41) is 8.89. The molecule has 0 fully saturated rings. The zero-order chi connectivity index (χ0) is 29.5. The van der Waals surface area contributed by atoms with Crippen molar-refractivity contribution in [1.82, 2.24) is 20.3 Å². The smallest absolute Gasteiger partial charge is 0.256 e. The van der Waals surface area contributed by atoms with Gasteiger partial charge in [0.05, 0.1) is 13.1 Å². The molecule has 218 valence electrons. The Balaban J connectivity index is 1.56.